The van der Waals surface area contributed by atoms with Crippen LogP contribution in [-0.4, -0.2) is 42.9 Å². The smallest absolute Gasteiger partial charge is 0.422 e. The lowest BCUT2D eigenvalue weighted by molar-refractivity contribution is -0.153. The van der Waals surface area contributed by atoms with Crippen molar-refractivity contribution in [3.05, 3.63) is 47.5 Å². The summed E-state index contributed by atoms with van der Waals surface area (Å²) >= 11 is 1.49. The van der Waals surface area contributed by atoms with Gasteiger partial charge in [-0.15, -0.1) is 11.3 Å². The minimum Gasteiger partial charge on any atom is -0.493 e. The summed E-state index contributed by atoms with van der Waals surface area (Å²) < 4.78 is 48.1. The largest absolute Gasteiger partial charge is 0.493 e. The van der Waals surface area contributed by atoms with Crippen molar-refractivity contribution in [2.75, 3.05) is 26.1 Å². The van der Waals surface area contributed by atoms with E-state index in [4.69, 9.17) is 9.47 Å². The van der Waals surface area contributed by atoms with Crippen LogP contribution >= 0.6 is 11.3 Å². The number of alkyl halides is 3. The van der Waals surface area contributed by atoms with Gasteiger partial charge in [0, 0.05) is 18.8 Å². The van der Waals surface area contributed by atoms with Crippen LogP contribution in [0, 0.1) is 0 Å². The van der Waals surface area contributed by atoms with E-state index < -0.39 is 18.8 Å². The number of amides is 2. The summed E-state index contributed by atoms with van der Waals surface area (Å²) in [6, 6.07) is 11.5. The van der Waals surface area contributed by atoms with E-state index in [2.05, 4.69) is 10.3 Å². The highest BCUT2D eigenvalue weighted by atomic mass is 32.1. The molecule has 0 bridgehead atoms. The van der Waals surface area contributed by atoms with Gasteiger partial charge in [-0.05, 0) is 24.3 Å². The van der Waals surface area contributed by atoms with Gasteiger partial charge in [-0.3, -0.25) is 0 Å². The molecule has 1 heterocycles. The summed E-state index contributed by atoms with van der Waals surface area (Å²) in [5.74, 6) is 0.0199. The number of ether oxygens (including phenoxy) is 2. The first-order valence-electron chi connectivity index (χ1n) is 8.49. The highest BCUT2D eigenvalue weighted by Crippen LogP contribution is 2.32. The second-order valence-electron chi connectivity index (χ2n) is 6.13. The number of halogens is 3. The Labute approximate surface area is 168 Å². The Morgan fingerprint density at radius 1 is 1.21 bits per heavy atom. The summed E-state index contributed by atoms with van der Waals surface area (Å²) in [6.07, 6.45) is -4.48. The van der Waals surface area contributed by atoms with Crippen LogP contribution in [0.15, 0.2) is 42.5 Å². The summed E-state index contributed by atoms with van der Waals surface area (Å²) in [7, 11) is 2.92. The number of carbonyl (C=O) groups is 1. The Balaban J connectivity index is 1.67. The number of fused-ring (bicyclic) bond motifs is 1. The van der Waals surface area contributed by atoms with Crippen molar-refractivity contribution in [3.63, 3.8) is 0 Å². The normalized spacial score (nSPS) is 11.3. The van der Waals surface area contributed by atoms with E-state index >= 15 is 0 Å². The van der Waals surface area contributed by atoms with Crippen LogP contribution < -0.4 is 14.8 Å². The number of nitrogens with zero attached hydrogens (tertiary/aromatic N) is 2. The van der Waals surface area contributed by atoms with Crippen LogP contribution in [0.25, 0.3) is 10.2 Å². The molecule has 0 unspecified atom stereocenters. The molecule has 154 valence electrons. The van der Waals surface area contributed by atoms with E-state index in [1.807, 2.05) is 24.3 Å². The predicted octanol–water partition coefficient (Wildman–Crippen LogP) is 4.91. The fraction of sp³-hybridized carbons (Fsp3) is 0.263. The molecule has 0 aliphatic carbocycles. The quantitative estimate of drug-likeness (QED) is 0.610. The van der Waals surface area contributed by atoms with Crippen molar-refractivity contribution in [1.82, 2.24) is 9.88 Å². The lowest BCUT2D eigenvalue weighted by atomic mass is 10.2. The van der Waals surface area contributed by atoms with Gasteiger partial charge < -0.3 is 19.7 Å². The zero-order valence-corrected chi connectivity index (χ0v) is 16.4. The topological polar surface area (TPSA) is 63.7 Å². The summed E-state index contributed by atoms with van der Waals surface area (Å²) in [6.45, 7) is -1.17. The Morgan fingerprint density at radius 2 is 1.97 bits per heavy atom. The molecule has 2 amide bonds. The fourth-order valence-electron chi connectivity index (χ4n) is 2.51. The number of anilines is 1. The Kier molecular flexibility index (Phi) is 6.12. The summed E-state index contributed by atoms with van der Waals surface area (Å²) in [5.41, 5.74) is 1.15. The number of para-hydroxylation sites is 1. The predicted molar refractivity (Wildman–Crippen MR) is 105 cm³/mol. The number of hydrogen-bond acceptors (Lipinski definition) is 5. The average molecular weight is 425 g/mol. The van der Waals surface area contributed by atoms with E-state index in [9.17, 15) is 18.0 Å². The molecular weight excluding hydrogens is 407 g/mol. The van der Waals surface area contributed by atoms with Crippen LogP contribution in [-0.2, 0) is 6.54 Å². The molecule has 0 aliphatic heterocycles. The number of rotatable bonds is 6. The van der Waals surface area contributed by atoms with Gasteiger partial charge in [-0.1, -0.05) is 12.1 Å². The van der Waals surface area contributed by atoms with Crippen molar-refractivity contribution < 1.29 is 27.4 Å². The third-order valence-corrected chi connectivity index (χ3v) is 4.88. The lowest BCUT2D eigenvalue weighted by Gasteiger charge is -2.18. The number of carbonyl (C=O) groups excluding carboxylic acids is 1. The van der Waals surface area contributed by atoms with Crippen LogP contribution in [0.1, 0.15) is 5.01 Å². The van der Waals surface area contributed by atoms with Gasteiger partial charge in [-0.25, -0.2) is 9.78 Å². The monoisotopic (exact) mass is 425 g/mol. The minimum atomic E-state index is -4.48. The van der Waals surface area contributed by atoms with Crippen molar-refractivity contribution in [3.8, 4) is 11.5 Å². The lowest BCUT2D eigenvalue weighted by Crippen LogP contribution is -2.30. The Hall–Kier alpha value is -3.01. The Morgan fingerprint density at radius 3 is 2.66 bits per heavy atom. The molecule has 0 radical (unpaired) electrons. The van der Waals surface area contributed by atoms with E-state index in [0.717, 1.165) is 15.2 Å². The van der Waals surface area contributed by atoms with Gasteiger partial charge >= 0.3 is 12.2 Å². The number of urea groups is 1. The number of hydrogen-bond donors (Lipinski definition) is 1. The number of nitrogens with one attached hydrogen (secondary N) is 1. The van der Waals surface area contributed by atoms with Crippen molar-refractivity contribution in [2.45, 2.75) is 12.7 Å². The first kappa shape index (κ1) is 20.7. The molecule has 0 saturated heterocycles. The molecule has 1 aromatic heterocycles. The molecule has 10 heteroatoms. The first-order valence-corrected chi connectivity index (χ1v) is 9.31. The second kappa shape index (κ2) is 8.56. The van der Waals surface area contributed by atoms with Gasteiger partial charge in [0.15, 0.2) is 18.1 Å². The molecule has 2 aromatic carbocycles. The van der Waals surface area contributed by atoms with E-state index in [-0.39, 0.29) is 17.2 Å². The molecule has 29 heavy (non-hydrogen) atoms. The number of aromatic nitrogens is 1. The molecular formula is C19H18F3N3O3S. The summed E-state index contributed by atoms with van der Waals surface area (Å²) in [5, 5.41) is 3.40. The van der Waals surface area contributed by atoms with Gasteiger partial charge in [0.1, 0.15) is 5.01 Å². The first-order chi connectivity index (χ1) is 13.7. The average Bonchev–Trinajstić information content (AvgIpc) is 3.08. The number of methoxy groups -OCH3 is 1. The van der Waals surface area contributed by atoms with Gasteiger partial charge in [-0.2, -0.15) is 13.2 Å². The number of thiazole rings is 1. The maximum absolute atomic E-state index is 12.5. The number of benzene rings is 2. The standard InChI is InChI=1S/C19H18F3N3O3S/c1-25(10-17-24-13-5-3-4-6-16(13)29-17)18(26)23-12-7-8-14(27-2)15(9-12)28-11-19(20,21)22/h3-9H,10-11H2,1-2H3,(H,23,26). The molecule has 0 aliphatic rings. The fourth-order valence-corrected chi connectivity index (χ4v) is 3.53. The maximum atomic E-state index is 12.5. The molecule has 0 atom stereocenters. The van der Waals surface area contributed by atoms with E-state index in [1.165, 1.54) is 41.5 Å². The third-order valence-electron chi connectivity index (χ3n) is 3.86. The highest BCUT2D eigenvalue weighted by Gasteiger charge is 2.29. The molecule has 0 saturated carbocycles. The second-order valence-corrected chi connectivity index (χ2v) is 7.25. The van der Waals surface area contributed by atoms with Gasteiger partial charge in [0.2, 0.25) is 0 Å². The molecule has 1 N–H and O–H groups in total. The van der Waals surface area contributed by atoms with Crippen LogP contribution in [0.3, 0.4) is 0 Å². The zero-order chi connectivity index (χ0) is 21.0. The Bertz CT molecular complexity index is 974. The van der Waals surface area contributed by atoms with Crippen LogP contribution in [0.5, 0.6) is 11.5 Å². The molecule has 0 fully saturated rings. The zero-order valence-electron chi connectivity index (χ0n) is 15.6. The summed E-state index contributed by atoms with van der Waals surface area (Å²) in [4.78, 5) is 18.4. The third kappa shape index (κ3) is 5.50. The molecule has 3 aromatic rings. The van der Waals surface area contributed by atoms with Crippen molar-refractivity contribution in [1.29, 1.82) is 0 Å². The minimum absolute atomic E-state index is 0.114. The molecule has 6 nitrogen and oxygen atoms in total. The van der Waals surface area contributed by atoms with Crippen molar-refractivity contribution in [2.24, 2.45) is 0 Å². The van der Waals surface area contributed by atoms with Crippen molar-refractivity contribution >= 4 is 33.3 Å². The molecule has 3 rings (SSSR count). The van der Waals surface area contributed by atoms with E-state index in [0.29, 0.717) is 6.54 Å². The van der Waals surface area contributed by atoms with Crippen LogP contribution in [0.2, 0.25) is 0 Å². The highest BCUT2D eigenvalue weighted by molar-refractivity contribution is 7.18. The maximum Gasteiger partial charge on any atom is 0.422 e. The SMILES string of the molecule is COc1ccc(NC(=O)N(C)Cc2nc3ccccc3s2)cc1OCC(F)(F)F. The van der Waals surface area contributed by atoms with Gasteiger partial charge in [0.05, 0.1) is 23.9 Å². The molecule has 0 spiro atoms. The van der Waals surface area contributed by atoms with Gasteiger partial charge in [0.25, 0.3) is 0 Å². The van der Waals surface area contributed by atoms with E-state index in [1.54, 1.807) is 7.05 Å². The van der Waals surface area contributed by atoms with Crippen LogP contribution in [0.4, 0.5) is 23.7 Å².